The first-order valence-electron chi connectivity index (χ1n) is 10.2. The Bertz CT molecular complexity index is 1150. The summed E-state index contributed by atoms with van der Waals surface area (Å²) >= 11 is 0. The Balaban J connectivity index is 1.83. The summed E-state index contributed by atoms with van der Waals surface area (Å²) in [6, 6.07) is 11.2. The Morgan fingerprint density at radius 2 is 1.15 bits per heavy atom. The van der Waals surface area contributed by atoms with Crippen molar-refractivity contribution in [2.45, 2.75) is 38.8 Å². The number of rotatable bonds is 6. The first-order valence-corrected chi connectivity index (χ1v) is 10.2. The van der Waals surface area contributed by atoms with E-state index in [0.717, 1.165) is 36.5 Å². The number of benzene rings is 3. The Kier molecular flexibility index (Phi) is 7.47. The van der Waals surface area contributed by atoms with Crippen LogP contribution in [0.15, 0.2) is 48.5 Å². The molecule has 0 nitrogen and oxygen atoms in total. The van der Waals surface area contributed by atoms with Gasteiger partial charge in [-0.3, -0.25) is 0 Å². The highest BCUT2D eigenvalue weighted by Gasteiger charge is 2.24. The minimum Gasteiger partial charge on any atom is -0.206 e. The van der Waals surface area contributed by atoms with Gasteiger partial charge in [0.1, 0.15) is 23.3 Å². The molecular weight excluding hydrogens is 445 g/mol. The van der Waals surface area contributed by atoms with Crippen molar-refractivity contribution in [1.82, 2.24) is 0 Å². The topological polar surface area (TPSA) is 0 Å². The summed E-state index contributed by atoms with van der Waals surface area (Å²) in [7, 11) is 0. The molecule has 0 unspecified atom stereocenters. The summed E-state index contributed by atoms with van der Waals surface area (Å²) in [5.41, 5.74) is 0.293. The Labute approximate surface area is 187 Å². The van der Waals surface area contributed by atoms with Crippen LogP contribution in [-0.4, -0.2) is 6.18 Å². The predicted molar refractivity (Wildman–Crippen MR) is 112 cm³/mol. The largest absolute Gasteiger partial charge is 0.458 e. The van der Waals surface area contributed by atoms with Gasteiger partial charge in [-0.2, -0.15) is 13.2 Å². The monoisotopic (exact) mass is 464 g/mol. The molecule has 0 radical (unpaired) electrons. The zero-order valence-corrected chi connectivity index (χ0v) is 17.6. The third kappa shape index (κ3) is 6.38. The molecule has 7 heteroatoms. The van der Waals surface area contributed by atoms with E-state index < -0.39 is 46.1 Å². The van der Waals surface area contributed by atoms with E-state index in [1.807, 2.05) is 24.3 Å². The first-order chi connectivity index (χ1) is 15.6. The lowest BCUT2D eigenvalue weighted by molar-refractivity contribution is -0.0696. The van der Waals surface area contributed by atoms with Crippen LogP contribution in [0, 0.1) is 35.1 Å². The first kappa shape index (κ1) is 24.4. The van der Waals surface area contributed by atoms with Crippen LogP contribution < -0.4 is 0 Å². The van der Waals surface area contributed by atoms with Crippen molar-refractivity contribution < 1.29 is 30.7 Å². The molecule has 33 heavy (non-hydrogen) atoms. The van der Waals surface area contributed by atoms with Crippen molar-refractivity contribution in [3.63, 3.8) is 0 Å². The maximum atomic E-state index is 14.7. The van der Waals surface area contributed by atoms with Crippen molar-refractivity contribution in [3.8, 4) is 23.0 Å². The minimum absolute atomic E-state index is 0.343. The van der Waals surface area contributed by atoms with Crippen molar-refractivity contribution in [1.29, 1.82) is 0 Å². The molecule has 0 aliphatic heterocycles. The van der Waals surface area contributed by atoms with Crippen LogP contribution in [0.25, 0.3) is 11.1 Å². The van der Waals surface area contributed by atoms with Crippen LogP contribution in [0.3, 0.4) is 0 Å². The van der Waals surface area contributed by atoms with Gasteiger partial charge in [-0.15, -0.1) is 0 Å². The van der Waals surface area contributed by atoms with Crippen molar-refractivity contribution >= 4 is 0 Å². The van der Waals surface area contributed by atoms with E-state index in [2.05, 4.69) is 6.92 Å². The zero-order valence-electron chi connectivity index (χ0n) is 17.6. The molecule has 0 fully saturated rings. The molecule has 3 rings (SSSR count). The lowest BCUT2D eigenvalue weighted by Gasteiger charge is -2.10. The summed E-state index contributed by atoms with van der Waals surface area (Å²) in [5.74, 6) is -2.82. The van der Waals surface area contributed by atoms with Crippen LogP contribution in [-0.2, 0) is 19.3 Å². The van der Waals surface area contributed by atoms with Crippen molar-refractivity contribution in [3.05, 3.63) is 94.1 Å². The van der Waals surface area contributed by atoms with Gasteiger partial charge in [0.05, 0.1) is 11.1 Å². The molecule has 0 amide bonds. The summed E-state index contributed by atoms with van der Waals surface area (Å²) in [4.78, 5) is 0. The third-order valence-corrected chi connectivity index (χ3v) is 5.03. The van der Waals surface area contributed by atoms with Crippen LogP contribution >= 0.6 is 0 Å². The summed E-state index contributed by atoms with van der Waals surface area (Å²) < 4.78 is 94.2. The molecule has 3 aromatic rings. The van der Waals surface area contributed by atoms with Gasteiger partial charge in [-0.1, -0.05) is 43.5 Å². The maximum absolute atomic E-state index is 14.7. The van der Waals surface area contributed by atoms with E-state index in [1.165, 1.54) is 11.5 Å². The lowest BCUT2D eigenvalue weighted by atomic mass is 9.97. The number of hydrogen-bond donors (Lipinski definition) is 0. The van der Waals surface area contributed by atoms with Gasteiger partial charge in [-0.05, 0) is 65.8 Å². The standard InChI is InChI=1S/C26H19F7/c1-2-3-16-4-6-17(7-5-16)8-9-18-12-23(29)25(24(30)13-18)19-14-21(27)20(22(28)15-19)10-11-26(31,32)33/h4-7,12-15H,2-3,8-9H2,1H3. The van der Waals surface area contributed by atoms with Gasteiger partial charge in [0.15, 0.2) is 0 Å². The molecule has 0 N–H and O–H groups in total. The highest BCUT2D eigenvalue weighted by atomic mass is 19.4. The molecular formula is C26H19F7. The van der Waals surface area contributed by atoms with E-state index in [4.69, 9.17) is 0 Å². The average molecular weight is 464 g/mol. The SMILES string of the molecule is CCCc1ccc(CCc2cc(F)c(-c3cc(F)c(C#CC(F)(F)F)c(F)c3)c(F)c2)cc1. The Morgan fingerprint density at radius 3 is 1.64 bits per heavy atom. The van der Waals surface area contributed by atoms with E-state index in [9.17, 15) is 30.7 Å². The van der Waals surface area contributed by atoms with E-state index in [-0.39, 0.29) is 0 Å². The number of alkyl halides is 3. The second-order valence-corrected chi connectivity index (χ2v) is 7.56. The Morgan fingerprint density at radius 1 is 0.667 bits per heavy atom. The van der Waals surface area contributed by atoms with Gasteiger partial charge in [0, 0.05) is 5.92 Å². The molecule has 0 heterocycles. The fourth-order valence-corrected chi connectivity index (χ4v) is 3.47. The number of hydrogen-bond acceptors (Lipinski definition) is 0. The lowest BCUT2D eigenvalue weighted by Crippen LogP contribution is -2.03. The van der Waals surface area contributed by atoms with Crippen molar-refractivity contribution in [2.24, 2.45) is 0 Å². The normalized spacial score (nSPS) is 11.3. The van der Waals surface area contributed by atoms with E-state index in [0.29, 0.717) is 30.5 Å². The van der Waals surface area contributed by atoms with E-state index >= 15 is 0 Å². The maximum Gasteiger partial charge on any atom is 0.458 e. The second-order valence-electron chi connectivity index (χ2n) is 7.56. The summed E-state index contributed by atoms with van der Waals surface area (Å²) in [5, 5.41) is 0. The molecule has 0 spiro atoms. The predicted octanol–water partition coefficient (Wildman–Crippen LogP) is 7.56. The summed E-state index contributed by atoms with van der Waals surface area (Å²) in [6.07, 6.45) is -2.06. The van der Waals surface area contributed by atoms with Crippen LogP contribution in [0.5, 0.6) is 0 Å². The molecule has 0 saturated heterocycles. The molecule has 0 aliphatic carbocycles. The molecule has 0 atom stereocenters. The van der Waals surface area contributed by atoms with Gasteiger partial charge in [0.2, 0.25) is 0 Å². The van der Waals surface area contributed by atoms with Crippen molar-refractivity contribution in [2.75, 3.05) is 0 Å². The quantitative estimate of drug-likeness (QED) is 0.261. The van der Waals surface area contributed by atoms with Crippen LogP contribution in [0.2, 0.25) is 0 Å². The average Bonchev–Trinajstić information content (AvgIpc) is 2.71. The molecule has 0 aromatic heterocycles. The van der Waals surface area contributed by atoms with Crippen LogP contribution in [0.4, 0.5) is 30.7 Å². The van der Waals surface area contributed by atoms with Gasteiger partial charge >= 0.3 is 6.18 Å². The molecule has 3 aromatic carbocycles. The minimum atomic E-state index is -4.94. The summed E-state index contributed by atoms with van der Waals surface area (Å²) in [6.45, 7) is 2.08. The van der Waals surface area contributed by atoms with Gasteiger partial charge < -0.3 is 0 Å². The fraction of sp³-hybridized carbons (Fsp3) is 0.231. The molecule has 172 valence electrons. The smallest absolute Gasteiger partial charge is 0.206 e. The molecule has 0 aliphatic rings. The van der Waals surface area contributed by atoms with Gasteiger partial charge in [-0.25, -0.2) is 17.6 Å². The van der Waals surface area contributed by atoms with Crippen LogP contribution in [0.1, 0.15) is 35.6 Å². The highest BCUT2D eigenvalue weighted by Crippen LogP contribution is 2.30. The third-order valence-electron chi connectivity index (χ3n) is 5.03. The highest BCUT2D eigenvalue weighted by molar-refractivity contribution is 5.67. The number of aryl methyl sites for hydroxylation is 3. The zero-order chi connectivity index (χ0) is 24.2. The molecule has 0 saturated carbocycles. The van der Waals surface area contributed by atoms with Gasteiger partial charge in [0.25, 0.3) is 0 Å². The Hall–Kier alpha value is -3.27. The van der Waals surface area contributed by atoms with E-state index in [1.54, 1.807) is 0 Å². The second kappa shape index (κ2) is 10.1. The fourth-order valence-electron chi connectivity index (χ4n) is 3.47. The number of halogens is 7. The molecule has 0 bridgehead atoms.